The molecule has 0 heterocycles. The third-order valence-electron chi connectivity index (χ3n) is 2.49. The molecule has 5 heteroatoms. The van der Waals surface area contributed by atoms with Gasteiger partial charge in [0.1, 0.15) is 11.4 Å². The first-order valence-corrected chi connectivity index (χ1v) is 6.03. The molecule has 0 bridgehead atoms. The number of nitrogens with one attached hydrogen (secondary N) is 1. The Bertz CT molecular complexity index is 552. The number of nitrogens with zero attached hydrogens (tertiary/aromatic N) is 2. The van der Waals surface area contributed by atoms with Crippen molar-refractivity contribution in [2.24, 2.45) is 16.0 Å². The summed E-state index contributed by atoms with van der Waals surface area (Å²) in [5, 5.41) is 20.7. The minimum atomic E-state index is 0.212. The maximum atomic E-state index is 9.19. The standard InChI is InChI=1S/C14H16N4O/c15-9-10-16-13-3-1-2-4-14(13)18-17-11-5-7-12(19)8-6-11/h1-8,16,19H,9-10,15H2. The van der Waals surface area contributed by atoms with Crippen molar-refractivity contribution in [3.8, 4) is 5.75 Å². The fraction of sp³-hybridized carbons (Fsp3) is 0.143. The molecule has 0 spiro atoms. The minimum absolute atomic E-state index is 0.212. The van der Waals surface area contributed by atoms with Gasteiger partial charge < -0.3 is 16.2 Å². The Morgan fingerprint density at radius 3 is 2.47 bits per heavy atom. The summed E-state index contributed by atoms with van der Waals surface area (Å²) in [5.74, 6) is 0.212. The van der Waals surface area contributed by atoms with E-state index in [0.29, 0.717) is 18.8 Å². The molecule has 98 valence electrons. The lowest BCUT2D eigenvalue weighted by Crippen LogP contribution is -2.12. The third kappa shape index (κ3) is 3.79. The van der Waals surface area contributed by atoms with Gasteiger partial charge in [0.15, 0.2) is 0 Å². The highest BCUT2D eigenvalue weighted by Crippen LogP contribution is 2.26. The quantitative estimate of drug-likeness (QED) is 0.718. The first-order chi connectivity index (χ1) is 9.29. The van der Waals surface area contributed by atoms with Gasteiger partial charge in [-0.3, -0.25) is 0 Å². The number of hydrogen-bond donors (Lipinski definition) is 3. The average Bonchev–Trinajstić information content (AvgIpc) is 2.45. The Hall–Kier alpha value is -2.40. The van der Waals surface area contributed by atoms with Gasteiger partial charge in [-0.1, -0.05) is 12.1 Å². The van der Waals surface area contributed by atoms with Crippen molar-refractivity contribution in [1.82, 2.24) is 0 Å². The predicted octanol–water partition coefficient (Wildman–Crippen LogP) is 3.18. The van der Waals surface area contributed by atoms with Crippen LogP contribution in [0.4, 0.5) is 17.1 Å². The van der Waals surface area contributed by atoms with Crippen LogP contribution in [-0.4, -0.2) is 18.2 Å². The molecule has 0 radical (unpaired) electrons. The van der Waals surface area contributed by atoms with E-state index in [-0.39, 0.29) is 5.75 Å². The number of aromatic hydroxyl groups is 1. The van der Waals surface area contributed by atoms with E-state index in [2.05, 4.69) is 15.5 Å². The molecule has 0 amide bonds. The molecule has 0 aliphatic rings. The minimum Gasteiger partial charge on any atom is -0.508 e. The number of phenolic OH excluding ortho intramolecular Hbond substituents is 1. The highest BCUT2D eigenvalue weighted by molar-refractivity contribution is 5.65. The van der Waals surface area contributed by atoms with Crippen molar-refractivity contribution >= 4 is 17.1 Å². The van der Waals surface area contributed by atoms with E-state index in [9.17, 15) is 5.11 Å². The lowest BCUT2D eigenvalue weighted by Gasteiger charge is -2.06. The van der Waals surface area contributed by atoms with Crippen LogP contribution in [0.1, 0.15) is 0 Å². The van der Waals surface area contributed by atoms with Crippen LogP contribution in [0, 0.1) is 0 Å². The highest BCUT2D eigenvalue weighted by Gasteiger charge is 1.99. The van der Waals surface area contributed by atoms with Gasteiger partial charge in [0.2, 0.25) is 0 Å². The first-order valence-electron chi connectivity index (χ1n) is 6.03. The van der Waals surface area contributed by atoms with Gasteiger partial charge in [-0.25, -0.2) is 0 Å². The molecule has 0 aliphatic carbocycles. The van der Waals surface area contributed by atoms with Crippen LogP contribution in [0.5, 0.6) is 5.75 Å². The normalized spacial score (nSPS) is 10.8. The number of phenols is 1. The van der Waals surface area contributed by atoms with Crippen LogP contribution in [-0.2, 0) is 0 Å². The fourth-order valence-electron chi connectivity index (χ4n) is 1.55. The van der Waals surface area contributed by atoms with E-state index in [1.165, 1.54) is 0 Å². The van der Waals surface area contributed by atoms with E-state index in [0.717, 1.165) is 11.4 Å². The van der Waals surface area contributed by atoms with Crippen LogP contribution in [0.2, 0.25) is 0 Å². The highest BCUT2D eigenvalue weighted by atomic mass is 16.3. The number of hydrogen-bond acceptors (Lipinski definition) is 5. The lowest BCUT2D eigenvalue weighted by molar-refractivity contribution is 0.475. The number of benzene rings is 2. The summed E-state index contributed by atoms with van der Waals surface area (Å²) in [5.41, 5.74) is 7.80. The zero-order valence-electron chi connectivity index (χ0n) is 10.5. The Labute approximate surface area is 111 Å². The van der Waals surface area contributed by atoms with Gasteiger partial charge in [0.05, 0.1) is 11.4 Å². The maximum Gasteiger partial charge on any atom is 0.115 e. The predicted molar refractivity (Wildman–Crippen MR) is 76.3 cm³/mol. The molecule has 0 unspecified atom stereocenters. The van der Waals surface area contributed by atoms with Gasteiger partial charge in [0, 0.05) is 13.1 Å². The second-order valence-corrected chi connectivity index (χ2v) is 3.95. The van der Waals surface area contributed by atoms with Crippen molar-refractivity contribution in [3.63, 3.8) is 0 Å². The topological polar surface area (TPSA) is 83.0 Å². The van der Waals surface area contributed by atoms with Gasteiger partial charge in [0.25, 0.3) is 0 Å². The molecule has 0 saturated heterocycles. The molecule has 5 nitrogen and oxygen atoms in total. The van der Waals surface area contributed by atoms with Crippen molar-refractivity contribution in [3.05, 3.63) is 48.5 Å². The SMILES string of the molecule is NCCNc1ccccc1N=Nc1ccc(O)cc1. The van der Waals surface area contributed by atoms with Crippen molar-refractivity contribution in [2.75, 3.05) is 18.4 Å². The van der Waals surface area contributed by atoms with Crippen molar-refractivity contribution in [1.29, 1.82) is 0 Å². The van der Waals surface area contributed by atoms with Crippen LogP contribution < -0.4 is 11.1 Å². The number of para-hydroxylation sites is 1. The zero-order valence-corrected chi connectivity index (χ0v) is 10.5. The molecule has 19 heavy (non-hydrogen) atoms. The number of azo groups is 1. The molecule has 0 aliphatic heterocycles. The Kier molecular flexibility index (Phi) is 4.47. The summed E-state index contributed by atoms with van der Waals surface area (Å²) in [7, 11) is 0. The Balaban J connectivity index is 2.15. The summed E-state index contributed by atoms with van der Waals surface area (Å²) in [6.45, 7) is 1.25. The Morgan fingerprint density at radius 2 is 1.74 bits per heavy atom. The van der Waals surface area contributed by atoms with Crippen LogP contribution in [0.25, 0.3) is 0 Å². The van der Waals surface area contributed by atoms with Gasteiger partial charge in [-0.2, -0.15) is 5.11 Å². The lowest BCUT2D eigenvalue weighted by atomic mass is 10.2. The molecular formula is C14H16N4O. The molecule has 0 fully saturated rings. The van der Waals surface area contributed by atoms with Gasteiger partial charge in [-0.05, 0) is 36.4 Å². The summed E-state index contributed by atoms with van der Waals surface area (Å²) in [6.07, 6.45) is 0. The second kappa shape index (κ2) is 6.51. The number of anilines is 1. The van der Waals surface area contributed by atoms with E-state index in [4.69, 9.17) is 5.73 Å². The summed E-state index contributed by atoms with van der Waals surface area (Å²) >= 11 is 0. The molecule has 0 atom stereocenters. The number of rotatable bonds is 5. The largest absolute Gasteiger partial charge is 0.508 e. The summed E-state index contributed by atoms with van der Waals surface area (Å²) < 4.78 is 0. The van der Waals surface area contributed by atoms with E-state index < -0.39 is 0 Å². The van der Waals surface area contributed by atoms with Crippen molar-refractivity contribution in [2.45, 2.75) is 0 Å². The zero-order chi connectivity index (χ0) is 13.5. The summed E-state index contributed by atoms with van der Waals surface area (Å²) in [4.78, 5) is 0. The van der Waals surface area contributed by atoms with Crippen LogP contribution in [0.3, 0.4) is 0 Å². The smallest absolute Gasteiger partial charge is 0.115 e. The second-order valence-electron chi connectivity index (χ2n) is 3.95. The third-order valence-corrected chi connectivity index (χ3v) is 2.49. The molecule has 0 saturated carbocycles. The molecule has 0 aromatic heterocycles. The monoisotopic (exact) mass is 256 g/mol. The first kappa shape index (κ1) is 13.0. The van der Waals surface area contributed by atoms with E-state index in [1.54, 1.807) is 24.3 Å². The molecule has 2 aromatic rings. The molecule has 2 aromatic carbocycles. The summed E-state index contributed by atoms with van der Waals surface area (Å²) in [6, 6.07) is 14.2. The van der Waals surface area contributed by atoms with Crippen molar-refractivity contribution < 1.29 is 5.11 Å². The van der Waals surface area contributed by atoms with E-state index >= 15 is 0 Å². The van der Waals surface area contributed by atoms with Gasteiger partial charge in [-0.15, -0.1) is 5.11 Å². The number of nitrogens with two attached hydrogens (primary N) is 1. The average molecular weight is 256 g/mol. The van der Waals surface area contributed by atoms with Gasteiger partial charge >= 0.3 is 0 Å². The maximum absolute atomic E-state index is 9.19. The molecular weight excluding hydrogens is 240 g/mol. The fourth-order valence-corrected chi connectivity index (χ4v) is 1.55. The van der Waals surface area contributed by atoms with E-state index in [1.807, 2.05) is 24.3 Å². The Morgan fingerprint density at radius 1 is 1.00 bits per heavy atom. The van der Waals surface area contributed by atoms with Crippen LogP contribution in [0.15, 0.2) is 58.8 Å². The molecule has 4 N–H and O–H groups in total. The van der Waals surface area contributed by atoms with Crippen LogP contribution >= 0.6 is 0 Å². The molecule has 2 rings (SSSR count).